The molecule has 8 heteroatoms. The fourth-order valence-electron chi connectivity index (χ4n) is 1.43. The van der Waals surface area contributed by atoms with Gasteiger partial charge in [-0.05, 0) is 18.2 Å². The second-order valence-electron chi connectivity index (χ2n) is 3.90. The van der Waals surface area contributed by atoms with Crippen molar-refractivity contribution < 1.29 is 13.9 Å². The summed E-state index contributed by atoms with van der Waals surface area (Å²) in [5.41, 5.74) is 0.416. The van der Waals surface area contributed by atoms with Crippen LogP contribution in [0.5, 0.6) is 0 Å². The molecule has 0 heterocycles. The molecule has 118 valence electrons. The minimum absolute atomic E-state index is 0. The van der Waals surface area contributed by atoms with E-state index in [0.717, 1.165) is 0 Å². The molecular weight excluding hydrogens is 390 g/mol. The van der Waals surface area contributed by atoms with E-state index >= 15 is 0 Å². The van der Waals surface area contributed by atoms with Gasteiger partial charge in [-0.25, -0.2) is 4.39 Å². The second kappa shape index (κ2) is 11.3. The molecule has 21 heavy (non-hydrogen) atoms. The van der Waals surface area contributed by atoms with Crippen molar-refractivity contribution in [1.29, 1.82) is 0 Å². The van der Waals surface area contributed by atoms with Gasteiger partial charge in [0.05, 0.1) is 13.2 Å². The number of ether oxygens (including phenoxy) is 1. The highest BCUT2D eigenvalue weighted by molar-refractivity contribution is 14.0. The minimum Gasteiger partial charge on any atom is -0.383 e. The number of guanidine groups is 1. The SMILES string of the molecule is CN=C(NCCOC)NCC(=O)Nc1cccc(F)c1.I. The maximum Gasteiger partial charge on any atom is 0.243 e. The van der Waals surface area contributed by atoms with Gasteiger partial charge in [0.1, 0.15) is 5.82 Å². The Bertz CT molecular complexity index is 471. The van der Waals surface area contributed by atoms with E-state index in [2.05, 4.69) is 20.9 Å². The lowest BCUT2D eigenvalue weighted by Gasteiger charge is -2.11. The molecule has 3 N–H and O–H groups in total. The maximum absolute atomic E-state index is 13.0. The van der Waals surface area contributed by atoms with E-state index in [9.17, 15) is 9.18 Å². The number of benzene rings is 1. The van der Waals surface area contributed by atoms with E-state index < -0.39 is 5.82 Å². The zero-order valence-electron chi connectivity index (χ0n) is 12.0. The molecule has 0 aliphatic heterocycles. The minimum atomic E-state index is -0.396. The highest BCUT2D eigenvalue weighted by atomic mass is 127. The highest BCUT2D eigenvalue weighted by Gasteiger charge is 2.04. The number of anilines is 1. The number of hydrogen-bond acceptors (Lipinski definition) is 3. The maximum atomic E-state index is 13.0. The van der Waals surface area contributed by atoms with Crippen molar-refractivity contribution in [2.45, 2.75) is 0 Å². The molecule has 0 fully saturated rings. The van der Waals surface area contributed by atoms with Gasteiger partial charge in [0.15, 0.2) is 5.96 Å². The van der Waals surface area contributed by atoms with Crippen LogP contribution in [-0.2, 0) is 9.53 Å². The second-order valence-corrected chi connectivity index (χ2v) is 3.90. The zero-order chi connectivity index (χ0) is 14.8. The predicted molar refractivity (Wildman–Crippen MR) is 91.7 cm³/mol. The summed E-state index contributed by atoms with van der Waals surface area (Å²) >= 11 is 0. The summed E-state index contributed by atoms with van der Waals surface area (Å²) in [5.74, 6) is -0.186. The van der Waals surface area contributed by atoms with Gasteiger partial charge in [-0.15, -0.1) is 24.0 Å². The number of amides is 1. The Morgan fingerprint density at radius 1 is 1.38 bits per heavy atom. The fraction of sp³-hybridized carbons (Fsp3) is 0.385. The smallest absolute Gasteiger partial charge is 0.243 e. The number of halogens is 2. The van der Waals surface area contributed by atoms with Crippen molar-refractivity contribution in [3.8, 4) is 0 Å². The van der Waals surface area contributed by atoms with Crippen LogP contribution in [0.1, 0.15) is 0 Å². The topological polar surface area (TPSA) is 74.8 Å². The lowest BCUT2D eigenvalue weighted by Crippen LogP contribution is -2.42. The number of nitrogens with zero attached hydrogens (tertiary/aromatic N) is 1. The number of carbonyl (C=O) groups excluding carboxylic acids is 1. The average molecular weight is 410 g/mol. The van der Waals surface area contributed by atoms with E-state index in [1.165, 1.54) is 18.2 Å². The summed E-state index contributed by atoms with van der Waals surface area (Å²) < 4.78 is 17.8. The Morgan fingerprint density at radius 2 is 2.14 bits per heavy atom. The molecule has 0 saturated heterocycles. The van der Waals surface area contributed by atoms with E-state index in [-0.39, 0.29) is 36.4 Å². The number of nitrogens with one attached hydrogen (secondary N) is 3. The Labute approximate surface area is 140 Å². The number of methoxy groups -OCH3 is 1. The molecule has 0 spiro atoms. The average Bonchev–Trinajstić information content (AvgIpc) is 2.42. The largest absolute Gasteiger partial charge is 0.383 e. The zero-order valence-corrected chi connectivity index (χ0v) is 14.3. The molecule has 1 aromatic carbocycles. The molecule has 0 aromatic heterocycles. The number of carbonyl (C=O) groups is 1. The van der Waals surface area contributed by atoms with Gasteiger partial charge >= 0.3 is 0 Å². The van der Waals surface area contributed by atoms with Crippen LogP contribution in [0.3, 0.4) is 0 Å². The summed E-state index contributed by atoms with van der Waals surface area (Å²) in [5, 5.41) is 8.39. The number of rotatable bonds is 6. The van der Waals surface area contributed by atoms with Crippen LogP contribution >= 0.6 is 24.0 Å². The van der Waals surface area contributed by atoms with Crippen LogP contribution in [0, 0.1) is 5.82 Å². The monoisotopic (exact) mass is 410 g/mol. The van der Waals surface area contributed by atoms with Gasteiger partial charge in [-0.1, -0.05) is 6.07 Å². The van der Waals surface area contributed by atoms with Crippen molar-refractivity contribution in [3.05, 3.63) is 30.1 Å². The Morgan fingerprint density at radius 3 is 2.76 bits per heavy atom. The standard InChI is InChI=1S/C13H19FN4O2.HI/c1-15-13(16-6-7-20-2)17-9-12(19)18-11-5-3-4-10(14)8-11;/h3-5,8H,6-7,9H2,1-2H3,(H,18,19)(H2,15,16,17);1H. The van der Waals surface area contributed by atoms with Gasteiger partial charge in [0, 0.05) is 26.4 Å². The van der Waals surface area contributed by atoms with Gasteiger partial charge in [0.25, 0.3) is 0 Å². The molecule has 0 atom stereocenters. The van der Waals surface area contributed by atoms with E-state index in [4.69, 9.17) is 4.74 Å². The summed E-state index contributed by atoms with van der Waals surface area (Å²) in [6, 6.07) is 5.72. The first-order valence-corrected chi connectivity index (χ1v) is 6.14. The molecule has 1 aromatic rings. The molecule has 1 rings (SSSR count). The summed E-state index contributed by atoms with van der Waals surface area (Å²) in [4.78, 5) is 15.6. The van der Waals surface area contributed by atoms with E-state index in [0.29, 0.717) is 24.8 Å². The fourth-order valence-corrected chi connectivity index (χ4v) is 1.43. The lowest BCUT2D eigenvalue weighted by molar-refractivity contribution is -0.115. The molecule has 0 radical (unpaired) electrons. The predicted octanol–water partition coefficient (Wildman–Crippen LogP) is 1.19. The van der Waals surface area contributed by atoms with Crippen molar-refractivity contribution in [3.63, 3.8) is 0 Å². The van der Waals surface area contributed by atoms with Crippen LogP contribution in [0.4, 0.5) is 10.1 Å². The molecule has 0 bridgehead atoms. The lowest BCUT2D eigenvalue weighted by atomic mass is 10.3. The van der Waals surface area contributed by atoms with Crippen LogP contribution < -0.4 is 16.0 Å². The first-order valence-electron chi connectivity index (χ1n) is 6.14. The van der Waals surface area contributed by atoms with Crippen LogP contribution in [0.2, 0.25) is 0 Å². The van der Waals surface area contributed by atoms with Gasteiger partial charge in [-0.3, -0.25) is 9.79 Å². The number of aliphatic imine (C=N–C) groups is 1. The molecule has 6 nitrogen and oxygen atoms in total. The highest BCUT2D eigenvalue weighted by Crippen LogP contribution is 2.08. The van der Waals surface area contributed by atoms with Gasteiger partial charge in [-0.2, -0.15) is 0 Å². The normalized spacial score (nSPS) is 10.5. The van der Waals surface area contributed by atoms with Crippen molar-refractivity contribution in [1.82, 2.24) is 10.6 Å². The molecule has 1 amide bonds. The van der Waals surface area contributed by atoms with Crippen LogP contribution in [0.15, 0.2) is 29.3 Å². The first-order chi connectivity index (χ1) is 9.65. The first kappa shape index (κ1) is 19.6. The number of hydrogen-bond donors (Lipinski definition) is 3. The third-order valence-electron chi connectivity index (χ3n) is 2.35. The van der Waals surface area contributed by atoms with Gasteiger partial charge in [0.2, 0.25) is 5.91 Å². The van der Waals surface area contributed by atoms with Gasteiger partial charge < -0.3 is 20.7 Å². The quantitative estimate of drug-likeness (QED) is 0.285. The Kier molecular flexibility index (Phi) is 10.5. The van der Waals surface area contributed by atoms with Crippen LogP contribution in [0.25, 0.3) is 0 Å². The summed E-state index contributed by atoms with van der Waals surface area (Å²) in [7, 11) is 3.21. The molecule has 0 aliphatic carbocycles. The molecule has 0 aliphatic rings. The third-order valence-corrected chi connectivity index (χ3v) is 2.35. The Hall–Kier alpha value is -1.42. The van der Waals surface area contributed by atoms with Crippen molar-refractivity contribution >= 4 is 41.5 Å². The van der Waals surface area contributed by atoms with Crippen molar-refractivity contribution in [2.24, 2.45) is 4.99 Å². The molecule has 0 unspecified atom stereocenters. The van der Waals surface area contributed by atoms with E-state index in [1.54, 1.807) is 20.2 Å². The summed E-state index contributed by atoms with van der Waals surface area (Å²) in [6.45, 7) is 1.15. The third kappa shape index (κ3) is 8.45. The van der Waals surface area contributed by atoms with Crippen molar-refractivity contribution in [2.75, 3.05) is 39.2 Å². The summed E-state index contributed by atoms with van der Waals surface area (Å²) in [6.07, 6.45) is 0. The Balaban J connectivity index is 0.00000400. The van der Waals surface area contributed by atoms with E-state index in [1.807, 2.05) is 0 Å². The molecule has 0 saturated carbocycles. The van der Waals surface area contributed by atoms with Crippen LogP contribution in [-0.4, -0.2) is 45.7 Å². The molecular formula is C13H20FIN4O2.